The second-order valence-electron chi connectivity index (χ2n) is 7.28. The molecule has 0 aromatic rings. The van der Waals surface area contributed by atoms with E-state index in [4.69, 9.17) is 10.2 Å². The maximum atomic E-state index is 9.46. The molecule has 0 fully saturated rings. The Hall–Kier alpha value is -0.410. The van der Waals surface area contributed by atoms with Crippen molar-refractivity contribution in [3.8, 4) is 0 Å². The van der Waals surface area contributed by atoms with Gasteiger partial charge < -0.3 is 15.0 Å². The van der Waals surface area contributed by atoms with Crippen LogP contribution in [0.4, 0.5) is 0 Å². The molecule has 1 unspecified atom stereocenters. The molecule has 2 N–H and O–H groups in total. The maximum Gasteiger partial charge on any atom is 0.122 e. The summed E-state index contributed by atoms with van der Waals surface area (Å²) in [7, 11) is 0. The molecule has 0 aromatic carbocycles. The van der Waals surface area contributed by atoms with Crippen molar-refractivity contribution in [3.05, 3.63) is 0 Å². The van der Waals surface area contributed by atoms with Crippen LogP contribution in [0.15, 0.2) is 0 Å². The Bertz CT molecular complexity index is 213. The van der Waals surface area contributed by atoms with E-state index in [0.29, 0.717) is 12.9 Å². The third-order valence-electron chi connectivity index (χ3n) is 4.45. The van der Waals surface area contributed by atoms with Crippen LogP contribution >= 0.6 is 0 Å². The van der Waals surface area contributed by atoms with Gasteiger partial charge in [-0.3, -0.25) is 0 Å². The summed E-state index contributed by atoms with van der Waals surface area (Å²) in [5.74, 6) is 0. The molecular weight excluding hydrogens is 312 g/mol. The van der Waals surface area contributed by atoms with Gasteiger partial charge in [0, 0.05) is 13.0 Å². The van der Waals surface area contributed by atoms with E-state index in [0.717, 1.165) is 6.42 Å². The molecule has 3 heteroatoms. The SMILES string of the molecule is CC(O)CC=O.CCCCCCCCCCCCCCCCCCO. The van der Waals surface area contributed by atoms with E-state index >= 15 is 0 Å². The largest absolute Gasteiger partial charge is 0.396 e. The molecule has 0 rings (SSSR count). The first-order valence-electron chi connectivity index (χ1n) is 10.9. The van der Waals surface area contributed by atoms with Crippen LogP contribution in [0.2, 0.25) is 0 Å². The number of aliphatic hydroxyl groups is 2. The fourth-order valence-corrected chi connectivity index (χ4v) is 2.80. The molecule has 3 nitrogen and oxygen atoms in total. The average molecular weight is 359 g/mol. The third-order valence-corrected chi connectivity index (χ3v) is 4.45. The summed E-state index contributed by atoms with van der Waals surface area (Å²) in [6.07, 6.45) is 22.7. The van der Waals surface area contributed by atoms with Gasteiger partial charge in [-0.25, -0.2) is 0 Å². The van der Waals surface area contributed by atoms with E-state index in [1.54, 1.807) is 6.92 Å². The van der Waals surface area contributed by atoms with Crippen LogP contribution in [0.1, 0.15) is 123 Å². The normalized spacial score (nSPS) is 11.7. The Morgan fingerprint density at radius 1 is 0.680 bits per heavy atom. The van der Waals surface area contributed by atoms with Gasteiger partial charge in [0.1, 0.15) is 6.29 Å². The smallest absolute Gasteiger partial charge is 0.122 e. The number of carbonyl (C=O) groups is 1. The van der Waals surface area contributed by atoms with Crippen LogP contribution in [-0.4, -0.2) is 29.2 Å². The molecule has 152 valence electrons. The van der Waals surface area contributed by atoms with Gasteiger partial charge in [0.05, 0.1) is 6.10 Å². The molecule has 0 radical (unpaired) electrons. The highest BCUT2D eigenvalue weighted by molar-refractivity contribution is 5.49. The Morgan fingerprint density at radius 2 is 1.00 bits per heavy atom. The van der Waals surface area contributed by atoms with Crippen LogP contribution in [-0.2, 0) is 4.79 Å². The first kappa shape index (κ1) is 26.8. The number of rotatable bonds is 18. The molecule has 0 aliphatic rings. The quantitative estimate of drug-likeness (QED) is 0.227. The van der Waals surface area contributed by atoms with Crippen LogP contribution in [0.3, 0.4) is 0 Å². The lowest BCUT2D eigenvalue weighted by atomic mass is 10.0. The second-order valence-corrected chi connectivity index (χ2v) is 7.28. The number of aliphatic hydroxyl groups excluding tert-OH is 2. The van der Waals surface area contributed by atoms with Gasteiger partial charge in [-0.2, -0.15) is 0 Å². The third kappa shape index (κ3) is 31.8. The molecule has 0 heterocycles. The van der Waals surface area contributed by atoms with E-state index in [1.165, 1.54) is 96.3 Å². The van der Waals surface area contributed by atoms with Crippen LogP contribution < -0.4 is 0 Å². The Morgan fingerprint density at radius 3 is 1.20 bits per heavy atom. The Kier molecular flexibility index (Phi) is 27.7. The summed E-state index contributed by atoms with van der Waals surface area (Å²) in [6, 6.07) is 0. The summed E-state index contributed by atoms with van der Waals surface area (Å²) < 4.78 is 0. The van der Waals surface area contributed by atoms with Gasteiger partial charge >= 0.3 is 0 Å². The van der Waals surface area contributed by atoms with E-state index in [2.05, 4.69) is 6.92 Å². The number of hydrogen-bond donors (Lipinski definition) is 2. The monoisotopic (exact) mass is 358 g/mol. The summed E-state index contributed by atoms with van der Waals surface area (Å²) in [5, 5.41) is 17.0. The van der Waals surface area contributed by atoms with E-state index in [9.17, 15) is 4.79 Å². The van der Waals surface area contributed by atoms with Crippen LogP contribution in [0.25, 0.3) is 0 Å². The van der Waals surface area contributed by atoms with Gasteiger partial charge in [-0.1, -0.05) is 103 Å². The van der Waals surface area contributed by atoms with E-state index in [1.807, 2.05) is 0 Å². The highest BCUT2D eigenvalue weighted by Crippen LogP contribution is 2.13. The highest BCUT2D eigenvalue weighted by atomic mass is 16.3. The predicted molar refractivity (Wildman–Crippen MR) is 109 cm³/mol. The first-order chi connectivity index (χ1) is 12.2. The number of aldehydes is 1. The highest BCUT2D eigenvalue weighted by Gasteiger charge is 1.94. The molecule has 0 aromatic heterocycles. The van der Waals surface area contributed by atoms with Crippen molar-refractivity contribution in [2.75, 3.05) is 6.61 Å². The molecule has 0 saturated carbocycles. The molecule has 0 aliphatic carbocycles. The summed E-state index contributed by atoms with van der Waals surface area (Å²) >= 11 is 0. The van der Waals surface area contributed by atoms with Crippen molar-refractivity contribution in [3.63, 3.8) is 0 Å². The molecular formula is C22H46O3. The molecule has 0 amide bonds. The number of unbranched alkanes of at least 4 members (excludes halogenated alkanes) is 15. The zero-order chi connectivity index (χ0) is 19.0. The van der Waals surface area contributed by atoms with E-state index in [-0.39, 0.29) is 6.42 Å². The minimum Gasteiger partial charge on any atom is -0.396 e. The average Bonchev–Trinajstić information content (AvgIpc) is 2.59. The van der Waals surface area contributed by atoms with Gasteiger partial charge in [0.2, 0.25) is 0 Å². The minimum atomic E-state index is -0.470. The van der Waals surface area contributed by atoms with Gasteiger partial charge in [0.25, 0.3) is 0 Å². The minimum absolute atomic E-state index is 0.250. The Labute approximate surface area is 157 Å². The molecule has 0 spiro atoms. The lowest BCUT2D eigenvalue weighted by Crippen LogP contribution is -1.97. The Balaban J connectivity index is 0. The summed E-state index contributed by atoms with van der Waals surface area (Å²) in [6.45, 7) is 4.24. The van der Waals surface area contributed by atoms with Crippen molar-refractivity contribution in [1.82, 2.24) is 0 Å². The summed E-state index contributed by atoms with van der Waals surface area (Å²) in [5.41, 5.74) is 0. The van der Waals surface area contributed by atoms with Crippen LogP contribution in [0.5, 0.6) is 0 Å². The lowest BCUT2D eigenvalue weighted by molar-refractivity contribution is -0.109. The first-order valence-corrected chi connectivity index (χ1v) is 10.9. The maximum absolute atomic E-state index is 9.46. The van der Waals surface area contributed by atoms with Gasteiger partial charge in [-0.05, 0) is 13.3 Å². The topological polar surface area (TPSA) is 57.5 Å². The number of carbonyl (C=O) groups excluding carboxylic acids is 1. The van der Waals surface area contributed by atoms with Crippen molar-refractivity contribution in [2.45, 2.75) is 129 Å². The van der Waals surface area contributed by atoms with Crippen molar-refractivity contribution < 1.29 is 15.0 Å². The van der Waals surface area contributed by atoms with Gasteiger partial charge in [0.15, 0.2) is 0 Å². The lowest BCUT2D eigenvalue weighted by Gasteiger charge is -2.03. The van der Waals surface area contributed by atoms with Crippen molar-refractivity contribution in [2.24, 2.45) is 0 Å². The van der Waals surface area contributed by atoms with Crippen molar-refractivity contribution >= 4 is 6.29 Å². The predicted octanol–water partition coefficient (Wildman–Crippen LogP) is 6.20. The molecule has 0 saturated heterocycles. The summed E-state index contributed by atoms with van der Waals surface area (Å²) in [4.78, 5) is 9.46. The van der Waals surface area contributed by atoms with Gasteiger partial charge in [-0.15, -0.1) is 0 Å². The van der Waals surface area contributed by atoms with Crippen LogP contribution in [0, 0.1) is 0 Å². The fraction of sp³-hybridized carbons (Fsp3) is 0.955. The zero-order valence-electron chi connectivity index (χ0n) is 17.2. The number of hydrogen-bond acceptors (Lipinski definition) is 3. The second kappa shape index (κ2) is 25.8. The zero-order valence-corrected chi connectivity index (χ0v) is 17.2. The standard InChI is InChI=1S/C18H38O.C4H8O2/c1-2-3-4-5-6-7-8-9-10-11-12-13-14-15-16-17-18-19;1-4(6)2-3-5/h19H,2-18H2,1H3;3-4,6H,2H2,1H3. The van der Waals surface area contributed by atoms with Crippen molar-refractivity contribution in [1.29, 1.82) is 0 Å². The van der Waals surface area contributed by atoms with E-state index < -0.39 is 6.10 Å². The molecule has 25 heavy (non-hydrogen) atoms. The molecule has 0 aliphatic heterocycles. The molecule has 1 atom stereocenters. The fourth-order valence-electron chi connectivity index (χ4n) is 2.80. The molecule has 0 bridgehead atoms.